The lowest BCUT2D eigenvalue weighted by Crippen LogP contribution is -2.29. The highest BCUT2D eigenvalue weighted by Crippen LogP contribution is 2.52. The molecule has 1 fully saturated rings. The molecule has 5 N–H and O–H groups in total. The van der Waals surface area contributed by atoms with E-state index in [2.05, 4.69) is 9.61 Å². The highest BCUT2D eigenvalue weighted by molar-refractivity contribution is 7.48. The molecule has 0 radical (unpaired) electrons. The van der Waals surface area contributed by atoms with Crippen LogP contribution in [0, 0.1) is 0 Å². The molecule has 0 amide bonds. The molecular formula is C17H32N4O10P2. The second-order valence-electron chi connectivity index (χ2n) is 7.24. The van der Waals surface area contributed by atoms with Crippen LogP contribution < -0.4 is 17.3 Å². The number of nitrogen functional groups attached to an aromatic ring is 1. The van der Waals surface area contributed by atoms with Gasteiger partial charge in [0.2, 0.25) is 0 Å². The van der Waals surface area contributed by atoms with Gasteiger partial charge in [-0.05, 0) is 18.9 Å². The Hall–Kier alpha value is -1.18. The molecule has 5 atom stereocenters. The summed E-state index contributed by atoms with van der Waals surface area (Å²) in [6.07, 6.45) is 1.04. The van der Waals surface area contributed by atoms with Crippen LogP contribution in [0.2, 0.25) is 0 Å². The third kappa shape index (κ3) is 8.84. The topological polar surface area (TPSA) is 197 Å². The Labute approximate surface area is 191 Å². The van der Waals surface area contributed by atoms with Gasteiger partial charge in [-0.3, -0.25) is 22.7 Å². The van der Waals surface area contributed by atoms with Crippen molar-refractivity contribution in [2.75, 3.05) is 25.6 Å². The highest BCUT2D eigenvalue weighted by atomic mass is 31.2. The summed E-state index contributed by atoms with van der Waals surface area (Å²) >= 11 is 0. The molecule has 0 bridgehead atoms. The first-order valence-corrected chi connectivity index (χ1v) is 13.5. The van der Waals surface area contributed by atoms with E-state index in [1.807, 2.05) is 13.8 Å². The van der Waals surface area contributed by atoms with E-state index in [9.17, 15) is 18.8 Å². The molecule has 0 spiro atoms. The fraction of sp³-hybridized carbons (Fsp3) is 0.765. The number of aromatic nitrogens is 2. The van der Waals surface area contributed by atoms with E-state index < -0.39 is 46.4 Å². The molecule has 2 unspecified atom stereocenters. The maximum atomic E-state index is 12.8. The van der Waals surface area contributed by atoms with Crippen LogP contribution in [-0.2, 0) is 36.6 Å². The minimum absolute atomic E-state index is 0.0174. The molecule has 1 aliphatic heterocycles. The molecule has 190 valence electrons. The number of anilines is 1. The van der Waals surface area contributed by atoms with Gasteiger partial charge in [0, 0.05) is 12.6 Å². The van der Waals surface area contributed by atoms with Gasteiger partial charge >= 0.3 is 21.3 Å². The number of hydrogen-bond donors (Lipinski definition) is 3. The zero-order valence-electron chi connectivity index (χ0n) is 18.6. The predicted octanol–water partition coefficient (Wildman–Crippen LogP) is 2.25. The lowest BCUT2D eigenvalue weighted by molar-refractivity contribution is -0.0482. The van der Waals surface area contributed by atoms with E-state index in [4.69, 9.17) is 34.5 Å². The van der Waals surface area contributed by atoms with Crippen molar-refractivity contribution in [2.24, 2.45) is 5.90 Å². The Morgan fingerprint density at radius 1 is 1.21 bits per heavy atom. The first-order chi connectivity index (χ1) is 15.6. The normalized spacial score (nSPS) is 24.4. The van der Waals surface area contributed by atoms with Crippen LogP contribution in [-0.4, -0.2) is 46.5 Å². The molecule has 2 rings (SSSR count). The molecule has 1 aromatic heterocycles. The predicted molar refractivity (Wildman–Crippen MR) is 117 cm³/mol. The van der Waals surface area contributed by atoms with E-state index in [1.165, 1.54) is 12.3 Å². The van der Waals surface area contributed by atoms with Gasteiger partial charge in [0.1, 0.15) is 24.3 Å². The maximum absolute atomic E-state index is 12.8. The molecule has 33 heavy (non-hydrogen) atoms. The molecule has 16 heteroatoms. The van der Waals surface area contributed by atoms with E-state index in [1.54, 1.807) is 0 Å². The van der Waals surface area contributed by atoms with Gasteiger partial charge in [0.05, 0.1) is 19.8 Å². The summed E-state index contributed by atoms with van der Waals surface area (Å²) in [5.41, 5.74) is 4.83. The number of phosphoric ester groups is 2. The minimum atomic E-state index is -4.38. The average Bonchev–Trinajstić information content (AvgIpc) is 3.14. The van der Waals surface area contributed by atoms with Gasteiger partial charge in [-0.15, -0.1) is 0 Å². The SMILES string of the molecule is CCCCOP(=O)(O)OC[C@H]1O[C@@H](n2ccc(N)nc2=O)C[C@@H]1OP(=O)(ON)OCCCC. The second-order valence-corrected chi connectivity index (χ2v) is 10.3. The summed E-state index contributed by atoms with van der Waals surface area (Å²) in [5, 5.41) is 0. The lowest BCUT2D eigenvalue weighted by atomic mass is 10.2. The summed E-state index contributed by atoms with van der Waals surface area (Å²) in [7, 11) is -8.56. The zero-order valence-corrected chi connectivity index (χ0v) is 20.4. The standard InChI is InChI=1S/C17H32N4O10P2/c1-3-5-9-26-32(23,24)28-12-14-13(30-33(25,31-19)27-10-6-4-2)11-16(29-14)21-8-7-15(18)20-17(21)22/h7-8,13-14,16H,3-6,9-12,19H2,1-2H3,(H,23,24)(H2,18,20,22)/t13-,14+,16+,33?/m0/s1. The Kier molecular flexibility index (Phi) is 11.1. The first-order valence-electron chi connectivity index (χ1n) is 10.6. The Morgan fingerprint density at radius 3 is 2.48 bits per heavy atom. The molecule has 0 saturated carbocycles. The van der Waals surface area contributed by atoms with Crippen LogP contribution in [0.25, 0.3) is 0 Å². The fourth-order valence-electron chi connectivity index (χ4n) is 2.88. The number of rotatable bonds is 15. The Morgan fingerprint density at radius 2 is 1.88 bits per heavy atom. The van der Waals surface area contributed by atoms with Gasteiger partial charge in [-0.25, -0.2) is 24.4 Å². The third-order valence-electron chi connectivity index (χ3n) is 4.64. The van der Waals surface area contributed by atoms with Crippen molar-refractivity contribution < 1.29 is 41.5 Å². The van der Waals surface area contributed by atoms with Crippen molar-refractivity contribution in [1.29, 1.82) is 0 Å². The van der Waals surface area contributed by atoms with Crippen LogP contribution in [0.1, 0.15) is 52.2 Å². The van der Waals surface area contributed by atoms with Gasteiger partial charge in [-0.2, -0.15) is 4.98 Å². The van der Waals surface area contributed by atoms with Crippen molar-refractivity contribution in [3.8, 4) is 0 Å². The average molecular weight is 514 g/mol. The van der Waals surface area contributed by atoms with Gasteiger partial charge < -0.3 is 15.4 Å². The van der Waals surface area contributed by atoms with Crippen LogP contribution in [0.3, 0.4) is 0 Å². The van der Waals surface area contributed by atoms with E-state index in [-0.39, 0.29) is 25.5 Å². The first kappa shape index (κ1) is 28.1. The Balaban J connectivity index is 2.16. The third-order valence-corrected chi connectivity index (χ3v) is 6.91. The second kappa shape index (κ2) is 13.1. The summed E-state index contributed by atoms with van der Waals surface area (Å²) < 4.78 is 56.9. The fourth-order valence-corrected chi connectivity index (χ4v) is 4.73. The molecule has 0 aromatic carbocycles. The summed E-state index contributed by atoms with van der Waals surface area (Å²) in [6, 6.07) is 1.40. The molecule has 1 saturated heterocycles. The zero-order chi connectivity index (χ0) is 24.5. The van der Waals surface area contributed by atoms with Crippen molar-refractivity contribution in [3.05, 3.63) is 22.7 Å². The number of ether oxygens (including phenoxy) is 1. The molecule has 0 aliphatic carbocycles. The summed E-state index contributed by atoms with van der Waals surface area (Å²) in [6.45, 7) is 3.44. The van der Waals surface area contributed by atoms with Crippen LogP contribution in [0.15, 0.2) is 17.1 Å². The van der Waals surface area contributed by atoms with Crippen molar-refractivity contribution in [2.45, 2.75) is 64.4 Å². The van der Waals surface area contributed by atoms with E-state index in [0.717, 1.165) is 17.4 Å². The summed E-state index contributed by atoms with van der Waals surface area (Å²) in [5.74, 6) is 5.17. The minimum Gasteiger partial charge on any atom is -0.383 e. The van der Waals surface area contributed by atoms with Crippen LogP contribution in [0.4, 0.5) is 5.82 Å². The van der Waals surface area contributed by atoms with Gasteiger partial charge in [-0.1, -0.05) is 26.7 Å². The quantitative estimate of drug-likeness (QED) is 0.175. The smallest absolute Gasteiger partial charge is 0.383 e. The van der Waals surface area contributed by atoms with Crippen LogP contribution >= 0.6 is 15.6 Å². The van der Waals surface area contributed by atoms with Crippen molar-refractivity contribution in [1.82, 2.24) is 9.55 Å². The maximum Gasteiger partial charge on any atom is 0.491 e. The van der Waals surface area contributed by atoms with Crippen molar-refractivity contribution >= 4 is 21.5 Å². The van der Waals surface area contributed by atoms with E-state index >= 15 is 0 Å². The Bertz CT molecular complexity index is 901. The van der Waals surface area contributed by atoms with E-state index in [0.29, 0.717) is 12.8 Å². The van der Waals surface area contributed by atoms with Crippen molar-refractivity contribution in [3.63, 3.8) is 0 Å². The number of nitrogens with two attached hydrogens (primary N) is 2. The highest BCUT2D eigenvalue weighted by Gasteiger charge is 2.44. The van der Waals surface area contributed by atoms with Gasteiger partial charge in [0.25, 0.3) is 0 Å². The van der Waals surface area contributed by atoms with Gasteiger partial charge in [0.15, 0.2) is 0 Å². The number of hydrogen-bond acceptors (Lipinski definition) is 12. The largest absolute Gasteiger partial charge is 0.491 e. The molecule has 1 aromatic rings. The monoisotopic (exact) mass is 514 g/mol. The molecular weight excluding hydrogens is 482 g/mol. The molecule has 2 heterocycles. The number of nitrogens with zero attached hydrogens (tertiary/aromatic N) is 2. The molecule has 14 nitrogen and oxygen atoms in total. The number of phosphoric acid groups is 2. The van der Waals surface area contributed by atoms with Crippen LogP contribution in [0.5, 0.6) is 0 Å². The number of unbranched alkanes of at least 4 members (excludes halogenated alkanes) is 2. The summed E-state index contributed by atoms with van der Waals surface area (Å²) in [4.78, 5) is 25.7. The molecule has 1 aliphatic rings. The lowest BCUT2D eigenvalue weighted by Gasteiger charge is -2.23.